The molecule has 0 unspecified atom stereocenters. The Bertz CT molecular complexity index is 386. The van der Waals surface area contributed by atoms with Crippen LogP contribution in [0.5, 0.6) is 0 Å². The number of piperazine rings is 1. The fraction of sp³-hybridized carbons (Fsp3) is 0.462. The van der Waals surface area contributed by atoms with Gasteiger partial charge in [-0.05, 0) is 19.1 Å². The van der Waals surface area contributed by atoms with Crippen LogP contribution in [0.25, 0.3) is 0 Å². The summed E-state index contributed by atoms with van der Waals surface area (Å²) in [7, 11) is 0. The minimum absolute atomic E-state index is 0.107. The number of carbonyl (C=O) groups is 1. The van der Waals surface area contributed by atoms with Gasteiger partial charge in [0.2, 0.25) is 0 Å². The molecular weight excluding hydrogens is 214 g/mol. The van der Waals surface area contributed by atoms with Crippen molar-refractivity contribution < 1.29 is 4.79 Å². The SMILES string of the molecule is CC(=O)c1cccc(NCN2CCNCC2)c1. The van der Waals surface area contributed by atoms with Gasteiger partial charge in [-0.25, -0.2) is 0 Å². The molecule has 1 heterocycles. The highest BCUT2D eigenvalue weighted by Crippen LogP contribution is 2.11. The third-order valence-electron chi connectivity index (χ3n) is 2.99. The third-order valence-corrected chi connectivity index (χ3v) is 2.99. The lowest BCUT2D eigenvalue weighted by atomic mass is 10.1. The number of anilines is 1. The van der Waals surface area contributed by atoms with Gasteiger partial charge in [-0.1, -0.05) is 12.1 Å². The van der Waals surface area contributed by atoms with Crippen LogP contribution in [0.3, 0.4) is 0 Å². The number of nitrogens with one attached hydrogen (secondary N) is 2. The lowest BCUT2D eigenvalue weighted by molar-refractivity contribution is 0.101. The molecule has 2 rings (SSSR count). The fourth-order valence-corrected chi connectivity index (χ4v) is 1.92. The average Bonchev–Trinajstić information content (AvgIpc) is 2.38. The van der Waals surface area contributed by atoms with Crippen molar-refractivity contribution in [3.8, 4) is 0 Å². The fourth-order valence-electron chi connectivity index (χ4n) is 1.92. The van der Waals surface area contributed by atoms with Gasteiger partial charge in [0, 0.05) is 37.4 Å². The summed E-state index contributed by atoms with van der Waals surface area (Å²) in [5, 5.41) is 6.68. The van der Waals surface area contributed by atoms with Crippen LogP contribution in [-0.2, 0) is 0 Å². The number of carbonyl (C=O) groups excluding carboxylic acids is 1. The molecule has 4 heteroatoms. The maximum absolute atomic E-state index is 11.3. The van der Waals surface area contributed by atoms with Crippen molar-refractivity contribution in [1.82, 2.24) is 10.2 Å². The molecule has 1 saturated heterocycles. The number of rotatable bonds is 4. The summed E-state index contributed by atoms with van der Waals surface area (Å²) in [5.74, 6) is 0.107. The van der Waals surface area contributed by atoms with E-state index in [4.69, 9.17) is 0 Å². The molecule has 0 saturated carbocycles. The van der Waals surface area contributed by atoms with Gasteiger partial charge in [0.1, 0.15) is 0 Å². The predicted octanol–water partition coefficient (Wildman–Crippen LogP) is 1.16. The molecule has 0 aromatic heterocycles. The second-order valence-electron chi connectivity index (χ2n) is 4.34. The Kier molecular flexibility index (Phi) is 4.12. The van der Waals surface area contributed by atoms with Crippen LogP contribution in [0, 0.1) is 0 Å². The van der Waals surface area contributed by atoms with E-state index in [-0.39, 0.29) is 5.78 Å². The van der Waals surface area contributed by atoms with Crippen molar-refractivity contribution in [2.45, 2.75) is 6.92 Å². The summed E-state index contributed by atoms with van der Waals surface area (Å²) in [6, 6.07) is 7.66. The molecule has 1 aromatic carbocycles. The number of hydrogen-bond donors (Lipinski definition) is 2. The van der Waals surface area contributed by atoms with Crippen LogP contribution in [0.1, 0.15) is 17.3 Å². The summed E-state index contributed by atoms with van der Waals surface area (Å²) in [5.41, 5.74) is 1.77. The highest BCUT2D eigenvalue weighted by molar-refractivity contribution is 5.94. The van der Waals surface area contributed by atoms with Crippen LogP contribution in [0.15, 0.2) is 24.3 Å². The van der Waals surface area contributed by atoms with Crippen molar-refractivity contribution in [2.75, 3.05) is 38.2 Å². The standard InChI is InChI=1S/C13H19N3O/c1-11(17)12-3-2-4-13(9-12)15-10-16-7-5-14-6-8-16/h2-4,9,14-15H,5-8,10H2,1H3. The van der Waals surface area contributed by atoms with Gasteiger partial charge < -0.3 is 10.6 Å². The van der Waals surface area contributed by atoms with E-state index < -0.39 is 0 Å². The van der Waals surface area contributed by atoms with Gasteiger partial charge in [-0.3, -0.25) is 9.69 Å². The van der Waals surface area contributed by atoms with Gasteiger partial charge in [-0.15, -0.1) is 0 Å². The number of benzene rings is 1. The second kappa shape index (κ2) is 5.80. The highest BCUT2D eigenvalue weighted by atomic mass is 16.1. The van der Waals surface area contributed by atoms with E-state index in [0.29, 0.717) is 0 Å². The lowest BCUT2D eigenvalue weighted by Gasteiger charge is -2.27. The Morgan fingerprint density at radius 1 is 1.41 bits per heavy atom. The van der Waals surface area contributed by atoms with E-state index in [9.17, 15) is 4.79 Å². The first-order valence-electron chi connectivity index (χ1n) is 6.03. The van der Waals surface area contributed by atoms with Crippen LogP contribution in [-0.4, -0.2) is 43.5 Å². The molecule has 1 aliphatic heterocycles. The zero-order valence-electron chi connectivity index (χ0n) is 10.2. The topological polar surface area (TPSA) is 44.4 Å². The van der Waals surface area contributed by atoms with Crippen LogP contribution < -0.4 is 10.6 Å². The van der Waals surface area contributed by atoms with Crippen molar-refractivity contribution >= 4 is 11.5 Å². The van der Waals surface area contributed by atoms with Crippen LogP contribution in [0.4, 0.5) is 5.69 Å². The largest absolute Gasteiger partial charge is 0.372 e. The second-order valence-corrected chi connectivity index (χ2v) is 4.34. The Labute approximate surface area is 102 Å². The predicted molar refractivity (Wildman–Crippen MR) is 69.4 cm³/mol. The molecule has 0 spiro atoms. The Morgan fingerprint density at radius 3 is 2.88 bits per heavy atom. The van der Waals surface area contributed by atoms with Crippen LogP contribution in [0.2, 0.25) is 0 Å². The molecule has 1 fully saturated rings. The highest BCUT2D eigenvalue weighted by Gasteiger charge is 2.08. The first-order valence-corrected chi connectivity index (χ1v) is 6.03. The molecule has 0 bridgehead atoms. The molecule has 0 atom stereocenters. The van der Waals surface area contributed by atoms with Crippen molar-refractivity contribution in [2.24, 2.45) is 0 Å². The van der Waals surface area contributed by atoms with E-state index in [1.54, 1.807) is 6.92 Å². The zero-order valence-corrected chi connectivity index (χ0v) is 10.2. The van der Waals surface area contributed by atoms with E-state index in [0.717, 1.165) is 44.1 Å². The summed E-state index contributed by atoms with van der Waals surface area (Å²) < 4.78 is 0. The first-order chi connectivity index (χ1) is 8.25. The van der Waals surface area contributed by atoms with E-state index in [1.807, 2.05) is 24.3 Å². The molecule has 1 aromatic rings. The lowest BCUT2D eigenvalue weighted by Crippen LogP contribution is -2.45. The molecule has 1 aliphatic rings. The molecule has 2 N–H and O–H groups in total. The maximum atomic E-state index is 11.3. The first kappa shape index (κ1) is 12.1. The molecule has 92 valence electrons. The minimum Gasteiger partial charge on any atom is -0.372 e. The van der Waals surface area contributed by atoms with Gasteiger partial charge in [0.25, 0.3) is 0 Å². The van der Waals surface area contributed by atoms with Crippen LogP contribution >= 0.6 is 0 Å². The molecule has 17 heavy (non-hydrogen) atoms. The van der Waals surface area contributed by atoms with E-state index >= 15 is 0 Å². The summed E-state index contributed by atoms with van der Waals surface area (Å²) >= 11 is 0. The minimum atomic E-state index is 0.107. The third kappa shape index (κ3) is 3.54. The van der Waals surface area contributed by atoms with Crippen molar-refractivity contribution in [1.29, 1.82) is 0 Å². The Morgan fingerprint density at radius 2 is 2.18 bits per heavy atom. The van der Waals surface area contributed by atoms with Gasteiger partial charge in [-0.2, -0.15) is 0 Å². The number of ketones is 1. The van der Waals surface area contributed by atoms with Gasteiger partial charge in [0.15, 0.2) is 5.78 Å². The Hall–Kier alpha value is -1.39. The summed E-state index contributed by atoms with van der Waals surface area (Å²) in [6.07, 6.45) is 0. The number of Topliss-reactive ketones (excluding diaryl/α,β-unsaturated/α-hetero) is 1. The molecule has 0 amide bonds. The van der Waals surface area contributed by atoms with E-state index in [2.05, 4.69) is 15.5 Å². The average molecular weight is 233 g/mol. The molecule has 0 radical (unpaired) electrons. The molecule has 0 aliphatic carbocycles. The zero-order chi connectivity index (χ0) is 12.1. The van der Waals surface area contributed by atoms with Crippen molar-refractivity contribution in [3.05, 3.63) is 29.8 Å². The van der Waals surface area contributed by atoms with Crippen molar-refractivity contribution in [3.63, 3.8) is 0 Å². The summed E-state index contributed by atoms with van der Waals surface area (Å²) in [4.78, 5) is 13.6. The molecule has 4 nitrogen and oxygen atoms in total. The molecular formula is C13H19N3O. The smallest absolute Gasteiger partial charge is 0.159 e. The number of hydrogen-bond acceptors (Lipinski definition) is 4. The van der Waals surface area contributed by atoms with Gasteiger partial charge >= 0.3 is 0 Å². The summed E-state index contributed by atoms with van der Waals surface area (Å²) in [6.45, 7) is 6.67. The normalized spacial score (nSPS) is 16.8. The van der Waals surface area contributed by atoms with Gasteiger partial charge in [0.05, 0.1) is 6.67 Å². The quantitative estimate of drug-likeness (QED) is 0.766. The maximum Gasteiger partial charge on any atom is 0.159 e. The Balaban J connectivity index is 1.89. The number of nitrogens with zero attached hydrogens (tertiary/aromatic N) is 1. The monoisotopic (exact) mass is 233 g/mol. The van der Waals surface area contributed by atoms with E-state index in [1.165, 1.54) is 0 Å².